The minimum absolute atomic E-state index is 0.0139. The van der Waals surface area contributed by atoms with E-state index >= 15 is 0 Å². The summed E-state index contributed by atoms with van der Waals surface area (Å²) in [6.07, 6.45) is 2.18. The summed E-state index contributed by atoms with van der Waals surface area (Å²) >= 11 is 0. The Balaban J connectivity index is 1.58. The van der Waals surface area contributed by atoms with Crippen LogP contribution in [-0.4, -0.2) is 49.7 Å². The highest BCUT2D eigenvalue weighted by Gasteiger charge is 2.51. The number of likely N-dealkylation sites (tertiary alicyclic amines) is 1. The van der Waals surface area contributed by atoms with Crippen molar-refractivity contribution in [1.29, 1.82) is 0 Å². The van der Waals surface area contributed by atoms with E-state index in [-0.39, 0.29) is 23.3 Å². The van der Waals surface area contributed by atoms with E-state index in [9.17, 15) is 22.8 Å². The van der Waals surface area contributed by atoms with Gasteiger partial charge in [-0.1, -0.05) is 19.3 Å². The maximum atomic E-state index is 13.9. The Morgan fingerprint density at radius 2 is 1.88 bits per heavy atom. The lowest BCUT2D eigenvalue weighted by molar-refractivity contribution is -0.139. The lowest BCUT2D eigenvalue weighted by Gasteiger charge is -2.42. The van der Waals surface area contributed by atoms with Crippen molar-refractivity contribution in [3.63, 3.8) is 0 Å². The molecule has 0 aromatic heterocycles. The van der Waals surface area contributed by atoms with Crippen molar-refractivity contribution < 1.29 is 27.5 Å². The Morgan fingerprint density at radius 3 is 2.56 bits per heavy atom. The van der Waals surface area contributed by atoms with E-state index in [0.29, 0.717) is 32.5 Å². The van der Waals surface area contributed by atoms with Gasteiger partial charge in [0.1, 0.15) is 0 Å². The Kier molecular flexibility index (Phi) is 6.27. The third-order valence-corrected chi connectivity index (χ3v) is 7.21. The number of benzene rings is 1. The Hall–Kier alpha value is -2.45. The molecular formula is C23H30F3N3O3. The van der Waals surface area contributed by atoms with Crippen LogP contribution < -0.4 is 10.2 Å². The number of hydrogen-bond acceptors (Lipinski definition) is 4. The van der Waals surface area contributed by atoms with Gasteiger partial charge in [0.25, 0.3) is 0 Å². The molecule has 2 saturated heterocycles. The molecule has 2 amide bonds. The fraction of sp³-hybridized carbons (Fsp3) is 0.652. The summed E-state index contributed by atoms with van der Waals surface area (Å²) in [4.78, 5) is 28.6. The van der Waals surface area contributed by atoms with Crippen molar-refractivity contribution in [2.75, 3.05) is 37.0 Å². The molecule has 9 heteroatoms. The van der Waals surface area contributed by atoms with Crippen LogP contribution in [-0.2, 0) is 15.7 Å². The first-order valence-electron chi connectivity index (χ1n) is 11.4. The molecule has 1 spiro atoms. The summed E-state index contributed by atoms with van der Waals surface area (Å²) < 4.78 is 46.2. The van der Waals surface area contributed by atoms with Gasteiger partial charge in [-0.15, -0.1) is 0 Å². The van der Waals surface area contributed by atoms with Crippen molar-refractivity contribution in [3.8, 4) is 0 Å². The molecule has 1 saturated carbocycles. The van der Waals surface area contributed by atoms with Crippen LogP contribution >= 0.6 is 0 Å². The van der Waals surface area contributed by atoms with Crippen LogP contribution in [0.2, 0.25) is 0 Å². The predicted octanol–water partition coefficient (Wildman–Crippen LogP) is 5.04. The zero-order chi connectivity index (χ0) is 22.9. The molecule has 0 radical (unpaired) electrons. The molecule has 4 rings (SSSR count). The Morgan fingerprint density at radius 1 is 1.12 bits per heavy atom. The van der Waals surface area contributed by atoms with Crippen molar-refractivity contribution in [2.24, 2.45) is 5.41 Å². The highest BCUT2D eigenvalue weighted by Crippen LogP contribution is 2.46. The van der Waals surface area contributed by atoms with Crippen LogP contribution in [0.25, 0.3) is 0 Å². The second-order valence-electron chi connectivity index (χ2n) is 9.19. The number of piperidine rings is 1. The van der Waals surface area contributed by atoms with E-state index in [1.54, 1.807) is 4.90 Å². The number of rotatable bonds is 3. The minimum atomic E-state index is -4.60. The SMILES string of the molecule is COC(=O)Nc1ccc(N2CCC[C@]3(CCN(C4CCCCC4)C3=O)C2)c(C(F)(F)F)c1. The summed E-state index contributed by atoms with van der Waals surface area (Å²) in [5, 5.41) is 2.29. The fourth-order valence-corrected chi connectivity index (χ4v) is 5.59. The predicted molar refractivity (Wildman–Crippen MR) is 115 cm³/mol. The minimum Gasteiger partial charge on any atom is -0.453 e. The van der Waals surface area contributed by atoms with Gasteiger partial charge in [-0.05, 0) is 50.3 Å². The summed E-state index contributed by atoms with van der Waals surface area (Å²) in [6.45, 7) is 1.46. The van der Waals surface area contributed by atoms with Crippen LogP contribution in [0.1, 0.15) is 56.9 Å². The number of nitrogens with one attached hydrogen (secondary N) is 1. The van der Waals surface area contributed by atoms with Gasteiger partial charge in [-0.2, -0.15) is 13.2 Å². The molecule has 3 fully saturated rings. The number of ether oxygens (including phenoxy) is 1. The quantitative estimate of drug-likeness (QED) is 0.697. The van der Waals surface area contributed by atoms with E-state index < -0.39 is 23.2 Å². The molecular weight excluding hydrogens is 423 g/mol. The first-order valence-corrected chi connectivity index (χ1v) is 11.4. The molecule has 1 aliphatic carbocycles. The highest BCUT2D eigenvalue weighted by atomic mass is 19.4. The summed E-state index contributed by atoms with van der Waals surface area (Å²) in [5.74, 6) is 0.117. The van der Waals surface area contributed by atoms with E-state index in [2.05, 4.69) is 10.1 Å². The molecule has 2 aliphatic heterocycles. The van der Waals surface area contributed by atoms with Gasteiger partial charge in [0.2, 0.25) is 5.91 Å². The molecule has 1 aromatic rings. The normalized spacial score (nSPS) is 24.8. The number of nitrogens with zero attached hydrogens (tertiary/aromatic N) is 2. The zero-order valence-electron chi connectivity index (χ0n) is 18.3. The second kappa shape index (κ2) is 8.83. The van der Waals surface area contributed by atoms with Crippen molar-refractivity contribution in [1.82, 2.24) is 4.90 Å². The lowest BCUT2D eigenvalue weighted by Crippen LogP contribution is -2.50. The zero-order valence-corrected chi connectivity index (χ0v) is 18.3. The largest absolute Gasteiger partial charge is 0.453 e. The summed E-state index contributed by atoms with van der Waals surface area (Å²) in [7, 11) is 1.15. The van der Waals surface area contributed by atoms with Crippen LogP contribution in [0.5, 0.6) is 0 Å². The third kappa shape index (κ3) is 4.38. The number of halogens is 3. The van der Waals surface area contributed by atoms with Crippen LogP contribution in [0.3, 0.4) is 0 Å². The van der Waals surface area contributed by atoms with E-state index in [1.165, 1.54) is 18.6 Å². The molecule has 0 unspecified atom stereocenters. The van der Waals surface area contributed by atoms with Crippen molar-refractivity contribution in [3.05, 3.63) is 23.8 Å². The maximum Gasteiger partial charge on any atom is 0.418 e. The third-order valence-electron chi connectivity index (χ3n) is 7.21. The molecule has 1 N–H and O–H groups in total. The summed E-state index contributed by atoms with van der Waals surface area (Å²) in [5.41, 5.74) is -1.37. The average molecular weight is 454 g/mol. The van der Waals surface area contributed by atoms with Gasteiger partial charge >= 0.3 is 12.3 Å². The second-order valence-corrected chi connectivity index (χ2v) is 9.19. The van der Waals surface area contributed by atoms with Gasteiger partial charge in [-0.25, -0.2) is 4.79 Å². The number of amides is 2. The number of methoxy groups -OCH3 is 1. The highest BCUT2D eigenvalue weighted by molar-refractivity contribution is 5.87. The number of carbonyl (C=O) groups excluding carboxylic acids is 2. The smallest absolute Gasteiger partial charge is 0.418 e. The molecule has 1 atom stereocenters. The lowest BCUT2D eigenvalue weighted by atomic mass is 9.78. The van der Waals surface area contributed by atoms with Gasteiger partial charge < -0.3 is 14.5 Å². The first-order chi connectivity index (χ1) is 15.2. The molecule has 6 nitrogen and oxygen atoms in total. The fourth-order valence-electron chi connectivity index (χ4n) is 5.59. The van der Waals surface area contributed by atoms with E-state index in [0.717, 1.165) is 45.3 Å². The van der Waals surface area contributed by atoms with Gasteiger partial charge in [-0.3, -0.25) is 10.1 Å². The summed E-state index contributed by atoms with van der Waals surface area (Å²) in [6, 6.07) is 4.03. The Bertz CT molecular complexity index is 870. The van der Waals surface area contributed by atoms with Crippen molar-refractivity contribution in [2.45, 2.75) is 63.6 Å². The molecule has 176 valence electrons. The average Bonchev–Trinajstić information content (AvgIpc) is 3.09. The molecule has 2 heterocycles. The van der Waals surface area contributed by atoms with Gasteiger partial charge in [0, 0.05) is 37.1 Å². The molecule has 0 bridgehead atoms. The van der Waals surface area contributed by atoms with Crippen LogP contribution in [0.15, 0.2) is 18.2 Å². The van der Waals surface area contributed by atoms with Crippen LogP contribution in [0, 0.1) is 5.41 Å². The maximum absolute atomic E-state index is 13.9. The van der Waals surface area contributed by atoms with Crippen molar-refractivity contribution >= 4 is 23.4 Å². The number of carbonyl (C=O) groups is 2. The molecule has 3 aliphatic rings. The number of alkyl halides is 3. The van der Waals surface area contributed by atoms with E-state index in [1.807, 2.05) is 4.90 Å². The standard InChI is InChI=1S/C23H30F3N3O3/c1-32-21(31)27-16-8-9-19(18(14-16)23(24,25)26)28-12-5-10-22(15-28)11-13-29(20(22)30)17-6-3-2-4-7-17/h8-9,14,17H,2-7,10-13,15H2,1H3,(H,27,31)/t22-/m0/s1. The Labute approximate surface area is 186 Å². The topological polar surface area (TPSA) is 61.9 Å². The monoisotopic (exact) mass is 453 g/mol. The number of hydrogen-bond donors (Lipinski definition) is 1. The van der Waals surface area contributed by atoms with Gasteiger partial charge in [0.15, 0.2) is 0 Å². The van der Waals surface area contributed by atoms with Gasteiger partial charge in [0.05, 0.1) is 18.1 Å². The first kappa shape index (κ1) is 22.7. The number of anilines is 2. The molecule has 1 aromatic carbocycles. The van der Waals surface area contributed by atoms with Crippen LogP contribution in [0.4, 0.5) is 29.3 Å². The molecule has 32 heavy (non-hydrogen) atoms. The van der Waals surface area contributed by atoms with E-state index in [4.69, 9.17) is 0 Å².